The fraction of sp³-hybridized carbons (Fsp3) is 0.233. The molecule has 3 aromatic carbocycles. The highest BCUT2D eigenvalue weighted by Gasteiger charge is 2.31. The van der Waals surface area contributed by atoms with Crippen molar-refractivity contribution >= 4 is 41.0 Å². The lowest BCUT2D eigenvalue weighted by Crippen LogP contribution is -2.35. The Morgan fingerprint density at radius 2 is 1.82 bits per heavy atom. The molecule has 194 valence electrons. The Morgan fingerprint density at radius 1 is 1.00 bits per heavy atom. The highest BCUT2D eigenvalue weighted by molar-refractivity contribution is 7.97. The first-order chi connectivity index (χ1) is 18.4. The first-order valence-electron chi connectivity index (χ1n) is 12.8. The van der Waals surface area contributed by atoms with Crippen molar-refractivity contribution in [3.05, 3.63) is 90.1 Å². The van der Waals surface area contributed by atoms with Crippen LogP contribution in [-0.2, 0) is 10.2 Å². The molecule has 4 bridgehead atoms. The number of nitrogens with one attached hydrogen (secondary N) is 4. The normalized spacial score (nSPS) is 13.7. The Morgan fingerprint density at radius 3 is 2.63 bits per heavy atom. The van der Waals surface area contributed by atoms with Crippen molar-refractivity contribution in [2.75, 3.05) is 29.0 Å². The van der Waals surface area contributed by atoms with E-state index < -0.39 is 5.41 Å². The van der Waals surface area contributed by atoms with Crippen LogP contribution in [-0.4, -0.2) is 29.0 Å². The van der Waals surface area contributed by atoms with E-state index in [9.17, 15) is 4.79 Å². The second kappa shape index (κ2) is 11.2. The summed E-state index contributed by atoms with van der Waals surface area (Å²) >= 11 is 1.62. The van der Waals surface area contributed by atoms with Crippen molar-refractivity contribution in [2.24, 2.45) is 0 Å². The summed E-state index contributed by atoms with van der Waals surface area (Å²) in [6.45, 7) is 7.59. The molecule has 7 nitrogen and oxygen atoms in total. The van der Waals surface area contributed by atoms with E-state index >= 15 is 0 Å². The number of anilines is 4. The van der Waals surface area contributed by atoms with Gasteiger partial charge in [0.1, 0.15) is 5.82 Å². The fourth-order valence-electron chi connectivity index (χ4n) is 4.47. The molecule has 2 heterocycles. The highest BCUT2D eigenvalue weighted by Crippen LogP contribution is 2.31. The number of fused-ring (bicyclic) bond motifs is 4. The Kier molecular flexibility index (Phi) is 7.62. The number of carbonyl (C=O) groups excluding carboxylic acids is 1. The van der Waals surface area contributed by atoms with E-state index in [0.717, 1.165) is 63.9 Å². The quantitative estimate of drug-likeness (QED) is 0.226. The molecular formula is C30H32N6OS. The van der Waals surface area contributed by atoms with Crippen LogP contribution in [0.25, 0.3) is 11.1 Å². The van der Waals surface area contributed by atoms with E-state index in [4.69, 9.17) is 4.98 Å². The van der Waals surface area contributed by atoms with E-state index in [1.54, 1.807) is 11.9 Å². The number of nitrogens with zero attached hydrogens (tertiary/aromatic N) is 2. The van der Waals surface area contributed by atoms with Gasteiger partial charge in [0.2, 0.25) is 11.9 Å². The van der Waals surface area contributed by atoms with Crippen LogP contribution in [0.3, 0.4) is 0 Å². The monoisotopic (exact) mass is 524 g/mol. The Bertz CT molecular complexity index is 1440. The predicted octanol–water partition coefficient (Wildman–Crippen LogP) is 6.52. The minimum atomic E-state index is -0.661. The predicted molar refractivity (Wildman–Crippen MR) is 157 cm³/mol. The molecule has 5 rings (SSSR count). The maximum Gasteiger partial charge on any atom is 0.234 e. The summed E-state index contributed by atoms with van der Waals surface area (Å²) in [6.07, 6.45) is 2.78. The van der Waals surface area contributed by atoms with Crippen LogP contribution in [0, 0.1) is 6.92 Å². The minimum absolute atomic E-state index is 0.0473. The number of carbonyl (C=O) groups is 1. The lowest BCUT2D eigenvalue weighted by atomic mass is 9.81. The van der Waals surface area contributed by atoms with Crippen LogP contribution in [0.4, 0.5) is 23.1 Å². The zero-order valence-electron chi connectivity index (χ0n) is 21.8. The molecular weight excluding hydrogens is 492 g/mol. The average molecular weight is 525 g/mol. The molecule has 0 atom stereocenters. The van der Waals surface area contributed by atoms with E-state index in [2.05, 4.69) is 37.8 Å². The Hall–Kier alpha value is -3.88. The van der Waals surface area contributed by atoms with Gasteiger partial charge in [-0.15, -0.1) is 0 Å². The first kappa shape index (κ1) is 25.8. The molecule has 0 saturated carbocycles. The third kappa shape index (κ3) is 5.82. The molecule has 0 unspecified atom stereocenters. The third-order valence-corrected chi connectivity index (χ3v) is 7.49. The minimum Gasteiger partial charge on any atom is -0.369 e. The van der Waals surface area contributed by atoms with Crippen molar-refractivity contribution < 1.29 is 4.79 Å². The number of hydrogen-bond acceptors (Lipinski definition) is 7. The second-order valence-electron chi connectivity index (χ2n) is 9.86. The first-order valence-corrected chi connectivity index (χ1v) is 13.6. The number of aryl methyl sites for hydroxylation is 1. The summed E-state index contributed by atoms with van der Waals surface area (Å²) in [4.78, 5) is 23.7. The number of hydrogen-bond donors (Lipinski definition) is 4. The molecule has 1 aromatic heterocycles. The maximum atomic E-state index is 13.2. The third-order valence-electron chi connectivity index (χ3n) is 6.66. The van der Waals surface area contributed by atoms with E-state index in [-0.39, 0.29) is 5.91 Å². The number of rotatable bonds is 4. The van der Waals surface area contributed by atoms with E-state index in [1.807, 2.05) is 87.6 Å². The highest BCUT2D eigenvalue weighted by atomic mass is 32.2. The molecule has 1 amide bonds. The van der Waals surface area contributed by atoms with Gasteiger partial charge in [0.15, 0.2) is 0 Å². The van der Waals surface area contributed by atoms with Crippen molar-refractivity contribution in [3.8, 4) is 11.1 Å². The summed E-state index contributed by atoms with van der Waals surface area (Å²) in [6, 6.07) is 24.0. The van der Waals surface area contributed by atoms with Gasteiger partial charge < -0.3 is 16.0 Å². The number of benzene rings is 3. The molecule has 8 heteroatoms. The molecule has 0 saturated heterocycles. The van der Waals surface area contributed by atoms with Gasteiger partial charge >= 0.3 is 0 Å². The van der Waals surface area contributed by atoms with Crippen LogP contribution in [0.1, 0.15) is 31.4 Å². The average Bonchev–Trinajstić information content (AvgIpc) is 2.92. The lowest BCUT2D eigenvalue weighted by Gasteiger charge is -2.26. The molecule has 1 aliphatic rings. The summed E-state index contributed by atoms with van der Waals surface area (Å²) in [5.74, 6) is 1.25. The fourth-order valence-corrected chi connectivity index (χ4v) is 5.22. The summed E-state index contributed by atoms with van der Waals surface area (Å²) < 4.78 is 3.41. The molecule has 38 heavy (non-hydrogen) atoms. The van der Waals surface area contributed by atoms with Crippen molar-refractivity contribution in [1.29, 1.82) is 0 Å². The van der Waals surface area contributed by atoms with Gasteiger partial charge in [0, 0.05) is 41.1 Å². The molecule has 0 spiro atoms. The lowest BCUT2D eigenvalue weighted by molar-refractivity contribution is -0.120. The maximum absolute atomic E-state index is 13.2. The molecule has 0 radical (unpaired) electrons. The molecule has 0 fully saturated rings. The van der Waals surface area contributed by atoms with Crippen LogP contribution in [0.15, 0.2) is 83.9 Å². The largest absolute Gasteiger partial charge is 0.369 e. The van der Waals surface area contributed by atoms with Gasteiger partial charge in [-0.2, -0.15) is 4.98 Å². The van der Waals surface area contributed by atoms with Gasteiger partial charge in [-0.1, -0.05) is 42.5 Å². The molecule has 4 aromatic rings. The Balaban J connectivity index is 1.36. The summed E-state index contributed by atoms with van der Waals surface area (Å²) in [5.41, 5.74) is 5.01. The van der Waals surface area contributed by atoms with Crippen molar-refractivity contribution in [1.82, 2.24) is 14.7 Å². The van der Waals surface area contributed by atoms with Gasteiger partial charge in [0.25, 0.3) is 0 Å². The second-order valence-corrected chi connectivity index (χ2v) is 10.8. The van der Waals surface area contributed by atoms with Crippen LogP contribution in [0.5, 0.6) is 0 Å². The smallest absolute Gasteiger partial charge is 0.234 e. The van der Waals surface area contributed by atoms with E-state index in [0.29, 0.717) is 5.95 Å². The van der Waals surface area contributed by atoms with Gasteiger partial charge in [-0.05, 0) is 86.2 Å². The SMILES string of the molecule is Cc1ccccc1C(C)(C)C(=O)Nc1ccc(-c2cnc3nc2NCCCNSc2cccc(c2)N3)cc1. The summed E-state index contributed by atoms with van der Waals surface area (Å²) in [7, 11) is 0. The molecule has 0 aliphatic carbocycles. The zero-order valence-corrected chi connectivity index (χ0v) is 22.7. The topological polar surface area (TPSA) is 91.0 Å². The number of amides is 1. The van der Waals surface area contributed by atoms with Crippen molar-refractivity contribution in [3.63, 3.8) is 0 Å². The standard InChI is InChI=1S/C30H32N6OS/c1-20-8-4-5-11-26(20)30(2,3)28(37)34-22-14-12-21(13-15-22)25-19-32-29-35-23-9-6-10-24(18-23)38-33-17-7-16-31-27(25)36-29/h4-6,8-15,18-19,33H,7,16-17H2,1-3H3,(H,34,37)(H2,31,32,35,36). The molecule has 1 aliphatic heterocycles. The molecule has 4 N–H and O–H groups in total. The van der Waals surface area contributed by atoms with Gasteiger partial charge in [-0.3, -0.25) is 9.52 Å². The van der Waals surface area contributed by atoms with Gasteiger partial charge in [0.05, 0.1) is 5.41 Å². The zero-order chi connectivity index (χ0) is 26.5. The summed E-state index contributed by atoms with van der Waals surface area (Å²) in [5, 5.41) is 9.88. The van der Waals surface area contributed by atoms with Crippen LogP contribution >= 0.6 is 11.9 Å². The van der Waals surface area contributed by atoms with E-state index in [1.165, 1.54) is 0 Å². The van der Waals surface area contributed by atoms with Crippen molar-refractivity contribution in [2.45, 2.75) is 37.5 Å². The Labute approximate surface area is 228 Å². The van der Waals surface area contributed by atoms with Crippen LogP contribution in [0.2, 0.25) is 0 Å². The number of aromatic nitrogens is 2. The van der Waals surface area contributed by atoms with Gasteiger partial charge in [-0.25, -0.2) is 4.98 Å². The van der Waals surface area contributed by atoms with Crippen LogP contribution < -0.4 is 20.7 Å².